The van der Waals surface area contributed by atoms with Gasteiger partial charge in [-0.2, -0.15) is 0 Å². The monoisotopic (exact) mass is 272 g/mol. The number of fused-ring (bicyclic) bond motifs is 1. The molecule has 0 aliphatic carbocycles. The molecule has 0 saturated carbocycles. The Balaban J connectivity index is 0.00000162. The molecule has 2 aromatic carbocycles. The van der Waals surface area contributed by atoms with E-state index in [-0.39, 0.29) is 34.5 Å². The Morgan fingerprint density at radius 1 is 1.06 bits per heavy atom. The van der Waals surface area contributed by atoms with Gasteiger partial charge in [0.05, 0.1) is 4.90 Å². The largest absolute Gasteiger partial charge is 1.00 e. The zero-order valence-corrected chi connectivity index (χ0v) is 13.3. The van der Waals surface area contributed by atoms with Crippen molar-refractivity contribution in [2.75, 3.05) is 0 Å². The van der Waals surface area contributed by atoms with Crippen molar-refractivity contribution in [2.45, 2.75) is 24.7 Å². The molecule has 90 valence electrons. The van der Waals surface area contributed by atoms with Gasteiger partial charge in [-0.15, -0.1) is 0 Å². The molecular weight excluding hydrogens is 259 g/mol. The number of hydrogen-bond acceptors (Lipinski definition) is 3. The van der Waals surface area contributed by atoms with Gasteiger partial charge < -0.3 is 4.55 Å². The molecule has 2 rings (SSSR count). The van der Waals surface area contributed by atoms with Gasteiger partial charge in [0.25, 0.3) is 0 Å². The first-order valence-corrected chi connectivity index (χ1v) is 6.90. The maximum atomic E-state index is 10.9. The van der Waals surface area contributed by atoms with Gasteiger partial charge in [-0.3, -0.25) is 0 Å². The fraction of sp³-hybridized carbons (Fsp3) is 0.231. The van der Waals surface area contributed by atoms with Gasteiger partial charge in [-0.25, -0.2) is 8.42 Å². The van der Waals surface area contributed by atoms with E-state index in [1.54, 1.807) is 6.07 Å². The van der Waals surface area contributed by atoms with Crippen LogP contribution in [0.2, 0.25) is 0 Å². The Morgan fingerprint density at radius 2 is 1.72 bits per heavy atom. The number of rotatable bonds is 3. The summed E-state index contributed by atoms with van der Waals surface area (Å²) < 4.78 is 32.8. The van der Waals surface area contributed by atoms with Crippen LogP contribution in [0.3, 0.4) is 0 Å². The molecule has 0 N–H and O–H groups in total. The van der Waals surface area contributed by atoms with Crippen LogP contribution in [0.1, 0.15) is 18.9 Å². The molecule has 0 aromatic heterocycles. The van der Waals surface area contributed by atoms with Crippen LogP contribution in [-0.2, 0) is 16.5 Å². The summed E-state index contributed by atoms with van der Waals surface area (Å²) >= 11 is 0. The third-order valence-electron chi connectivity index (χ3n) is 2.70. The second-order valence-electron chi connectivity index (χ2n) is 4.05. The van der Waals surface area contributed by atoms with Gasteiger partial charge >= 0.3 is 29.6 Å². The molecular formula is C13H13NaO3S. The van der Waals surface area contributed by atoms with Crippen molar-refractivity contribution in [1.82, 2.24) is 0 Å². The minimum Gasteiger partial charge on any atom is -0.744 e. The van der Waals surface area contributed by atoms with E-state index in [0.29, 0.717) is 0 Å². The predicted octanol–water partition coefficient (Wildman–Crippen LogP) is -0.300. The fourth-order valence-corrected chi connectivity index (χ4v) is 2.38. The summed E-state index contributed by atoms with van der Waals surface area (Å²) in [6, 6.07) is 10.4. The molecule has 3 nitrogen and oxygen atoms in total. The topological polar surface area (TPSA) is 57.2 Å². The van der Waals surface area contributed by atoms with Crippen LogP contribution in [-0.4, -0.2) is 13.0 Å². The summed E-state index contributed by atoms with van der Waals surface area (Å²) in [6.45, 7) is 2.09. The van der Waals surface area contributed by atoms with Gasteiger partial charge in [0, 0.05) is 0 Å². The summed E-state index contributed by atoms with van der Waals surface area (Å²) in [5, 5.41) is 1.74. The van der Waals surface area contributed by atoms with E-state index in [1.807, 2.05) is 18.2 Å². The first-order valence-electron chi connectivity index (χ1n) is 5.49. The zero-order valence-electron chi connectivity index (χ0n) is 10.5. The quantitative estimate of drug-likeness (QED) is 0.569. The summed E-state index contributed by atoms with van der Waals surface area (Å²) in [5.74, 6) is 0. The zero-order chi connectivity index (χ0) is 12.5. The SMILES string of the molecule is CCCc1ccc2ccc(S(=O)(=O)[O-])cc2c1.[Na+]. The molecule has 0 spiro atoms. The third kappa shape index (κ3) is 3.56. The summed E-state index contributed by atoms with van der Waals surface area (Å²) in [4.78, 5) is -0.168. The van der Waals surface area contributed by atoms with Crippen molar-refractivity contribution in [1.29, 1.82) is 0 Å². The predicted molar refractivity (Wildman–Crippen MR) is 65.9 cm³/mol. The van der Waals surface area contributed by atoms with Crippen molar-refractivity contribution in [2.24, 2.45) is 0 Å². The van der Waals surface area contributed by atoms with Gasteiger partial charge in [0.15, 0.2) is 0 Å². The smallest absolute Gasteiger partial charge is 0.744 e. The van der Waals surface area contributed by atoms with Crippen LogP contribution in [0.5, 0.6) is 0 Å². The molecule has 5 heteroatoms. The molecule has 0 saturated heterocycles. The summed E-state index contributed by atoms with van der Waals surface area (Å²) in [6.07, 6.45) is 1.98. The first-order chi connectivity index (χ1) is 8.00. The normalized spacial score (nSPS) is 11.2. The minimum absolute atomic E-state index is 0. The van der Waals surface area contributed by atoms with Crippen molar-refractivity contribution in [3.8, 4) is 0 Å². The molecule has 0 atom stereocenters. The van der Waals surface area contributed by atoms with Crippen molar-refractivity contribution >= 4 is 20.9 Å². The Morgan fingerprint density at radius 3 is 2.33 bits per heavy atom. The summed E-state index contributed by atoms with van der Waals surface area (Å²) in [5.41, 5.74) is 1.15. The average Bonchev–Trinajstić information content (AvgIpc) is 2.27. The van der Waals surface area contributed by atoms with Crippen LogP contribution >= 0.6 is 0 Å². The Labute approximate surface area is 129 Å². The van der Waals surface area contributed by atoms with E-state index >= 15 is 0 Å². The van der Waals surface area contributed by atoms with Crippen molar-refractivity contribution < 1.29 is 42.5 Å². The summed E-state index contributed by atoms with van der Waals surface area (Å²) in [7, 11) is -4.37. The van der Waals surface area contributed by atoms with E-state index in [9.17, 15) is 13.0 Å². The molecule has 0 aliphatic heterocycles. The molecule has 0 aliphatic rings. The fourth-order valence-electron chi connectivity index (χ4n) is 1.87. The Bertz CT molecular complexity index is 650. The van der Waals surface area contributed by atoms with Gasteiger partial charge in [-0.1, -0.05) is 37.6 Å². The van der Waals surface area contributed by atoms with E-state index in [1.165, 1.54) is 12.1 Å². The van der Waals surface area contributed by atoms with Gasteiger partial charge in [0.2, 0.25) is 0 Å². The maximum Gasteiger partial charge on any atom is 1.00 e. The third-order valence-corrected chi connectivity index (χ3v) is 3.53. The van der Waals surface area contributed by atoms with Crippen LogP contribution in [0.15, 0.2) is 41.3 Å². The van der Waals surface area contributed by atoms with E-state index in [2.05, 4.69) is 6.92 Å². The molecule has 0 bridgehead atoms. The number of benzene rings is 2. The molecule has 2 aromatic rings. The standard InChI is InChI=1S/C13H14O3S.Na/c1-2-3-10-4-5-11-6-7-13(17(14,15)16)9-12(11)8-10;/h4-9H,2-3H2,1H3,(H,14,15,16);/q;+1/p-1. The maximum absolute atomic E-state index is 10.9. The molecule has 0 radical (unpaired) electrons. The van der Waals surface area contributed by atoms with Crippen LogP contribution in [0.25, 0.3) is 10.8 Å². The average molecular weight is 272 g/mol. The Kier molecular flexibility index (Phi) is 5.37. The Hall–Kier alpha value is -0.390. The second-order valence-corrected chi connectivity index (χ2v) is 5.43. The molecule has 0 unspecified atom stereocenters. The van der Waals surface area contributed by atoms with Crippen LogP contribution < -0.4 is 29.6 Å². The van der Waals surface area contributed by atoms with Crippen molar-refractivity contribution in [3.05, 3.63) is 42.0 Å². The number of aryl methyl sites for hydroxylation is 1. The molecule has 0 heterocycles. The number of hydrogen-bond donors (Lipinski definition) is 0. The van der Waals surface area contributed by atoms with Gasteiger partial charge in [-0.05, 0) is 34.9 Å². The molecule has 0 fully saturated rings. The van der Waals surface area contributed by atoms with Crippen molar-refractivity contribution in [3.63, 3.8) is 0 Å². The minimum atomic E-state index is -4.37. The second kappa shape index (κ2) is 6.17. The van der Waals surface area contributed by atoms with E-state index < -0.39 is 10.1 Å². The van der Waals surface area contributed by atoms with Crippen LogP contribution in [0, 0.1) is 0 Å². The van der Waals surface area contributed by atoms with E-state index in [4.69, 9.17) is 0 Å². The van der Waals surface area contributed by atoms with E-state index in [0.717, 1.165) is 29.2 Å². The van der Waals surface area contributed by atoms with Gasteiger partial charge in [0.1, 0.15) is 10.1 Å². The van der Waals surface area contributed by atoms with Crippen LogP contribution in [0.4, 0.5) is 0 Å². The first kappa shape index (κ1) is 15.7. The molecule has 18 heavy (non-hydrogen) atoms. The molecule has 0 amide bonds.